The van der Waals surface area contributed by atoms with E-state index in [0.717, 1.165) is 11.3 Å². The lowest BCUT2D eigenvalue weighted by Crippen LogP contribution is -2.57. The van der Waals surface area contributed by atoms with Crippen molar-refractivity contribution in [1.29, 1.82) is 0 Å². The Labute approximate surface area is 272 Å². The van der Waals surface area contributed by atoms with Gasteiger partial charge in [0, 0.05) is 34.2 Å². The number of aliphatic hydroxyl groups is 1. The van der Waals surface area contributed by atoms with Crippen LogP contribution in [0.15, 0.2) is 109 Å². The summed E-state index contributed by atoms with van der Waals surface area (Å²) in [5.74, 6) is -2.19. The molecule has 6 atom stereocenters. The zero-order valence-electron chi connectivity index (χ0n) is 24.8. The number of carbonyl (C=O) groups is 3. The van der Waals surface area contributed by atoms with Crippen LogP contribution in [0.5, 0.6) is 0 Å². The van der Waals surface area contributed by atoms with Crippen molar-refractivity contribution in [1.82, 2.24) is 4.90 Å². The molecule has 0 radical (unpaired) electrons. The van der Waals surface area contributed by atoms with Gasteiger partial charge in [0.15, 0.2) is 0 Å². The van der Waals surface area contributed by atoms with Crippen molar-refractivity contribution in [3.05, 3.63) is 120 Å². The Morgan fingerprint density at radius 3 is 2.07 bits per heavy atom. The van der Waals surface area contributed by atoms with Gasteiger partial charge in [0.25, 0.3) is 5.91 Å². The van der Waals surface area contributed by atoms with E-state index < -0.39 is 33.4 Å². The first kappa shape index (κ1) is 29.8. The minimum Gasteiger partial charge on any atom is -0.394 e. The number of anilines is 2. The summed E-state index contributed by atoms with van der Waals surface area (Å²) in [6.45, 7) is 2.38. The third kappa shape index (κ3) is 4.82. The van der Waals surface area contributed by atoms with E-state index in [1.807, 2.05) is 85.8 Å². The molecule has 7 rings (SSSR count). The number of rotatable bonds is 6. The molecule has 1 spiro atoms. The van der Waals surface area contributed by atoms with E-state index >= 15 is 0 Å². The van der Waals surface area contributed by atoms with E-state index in [9.17, 15) is 19.5 Å². The average Bonchev–Trinajstić information content (AvgIpc) is 3.32. The molecule has 2 saturated heterocycles. The molecule has 0 bridgehead atoms. The number of hydrogen-bond donors (Lipinski definition) is 1. The highest BCUT2D eigenvalue weighted by Crippen LogP contribution is 2.66. The minimum absolute atomic E-state index is 0.139. The van der Waals surface area contributed by atoms with Crippen LogP contribution in [0.1, 0.15) is 12.5 Å². The molecule has 45 heavy (non-hydrogen) atoms. The lowest BCUT2D eigenvalue weighted by Gasteiger charge is -2.39. The van der Waals surface area contributed by atoms with Crippen LogP contribution in [0.25, 0.3) is 0 Å². The number of aliphatic hydroxyl groups excluding tert-OH is 1. The first-order chi connectivity index (χ1) is 21.8. The maximum atomic E-state index is 15.0. The second kappa shape index (κ2) is 11.5. The fourth-order valence-corrected chi connectivity index (χ4v) is 9.95. The van der Waals surface area contributed by atoms with E-state index in [1.165, 1.54) is 11.8 Å². The van der Waals surface area contributed by atoms with Crippen molar-refractivity contribution < 1.29 is 19.5 Å². The monoisotopic (exact) mass is 639 g/mol. The number of para-hydroxylation sites is 1. The Kier molecular flexibility index (Phi) is 7.63. The number of fused-ring (bicyclic) bond motifs is 2. The molecule has 0 aromatic heterocycles. The van der Waals surface area contributed by atoms with Crippen LogP contribution in [0.2, 0.25) is 5.02 Å². The molecule has 3 aromatic rings. The van der Waals surface area contributed by atoms with E-state index in [1.54, 1.807) is 39.0 Å². The van der Waals surface area contributed by atoms with E-state index in [0.29, 0.717) is 30.2 Å². The topological polar surface area (TPSA) is 81.2 Å². The molecule has 0 aliphatic carbocycles. The predicted octanol–water partition coefficient (Wildman–Crippen LogP) is 5.14. The fourth-order valence-electron chi connectivity index (χ4n) is 7.68. The van der Waals surface area contributed by atoms with Crippen molar-refractivity contribution in [3.63, 3.8) is 0 Å². The van der Waals surface area contributed by atoms with Gasteiger partial charge in [-0.3, -0.25) is 14.4 Å². The normalized spacial score (nSPS) is 29.7. The highest BCUT2D eigenvalue weighted by molar-refractivity contribution is 8.02. The van der Waals surface area contributed by atoms with Gasteiger partial charge in [0.05, 0.1) is 29.2 Å². The smallest absolute Gasteiger partial charge is 0.251 e. The van der Waals surface area contributed by atoms with Gasteiger partial charge >= 0.3 is 0 Å². The number of nitrogens with zero attached hydrogens (tertiary/aromatic N) is 3. The highest BCUT2D eigenvalue weighted by atomic mass is 35.5. The Bertz CT molecular complexity index is 1680. The number of hydrogen-bond acceptors (Lipinski definition) is 5. The molecule has 9 heteroatoms. The van der Waals surface area contributed by atoms with Gasteiger partial charge in [-0.2, -0.15) is 0 Å². The summed E-state index contributed by atoms with van der Waals surface area (Å²) in [6, 6.07) is 24.7. The van der Waals surface area contributed by atoms with Crippen LogP contribution >= 0.6 is 23.4 Å². The Morgan fingerprint density at radius 2 is 1.40 bits per heavy atom. The van der Waals surface area contributed by atoms with Gasteiger partial charge in [-0.1, -0.05) is 84.4 Å². The molecule has 3 aromatic carbocycles. The second-order valence-electron chi connectivity index (χ2n) is 12.3. The molecule has 2 fully saturated rings. The summed E-state index contributed by atoms with van der Waals surface area (Å²) >= 11 is 7.72. The van der Waals surface area contributed by atoms with E-state index in [2.05, 4.69) is 6.08 Å². The highest BCUT2D eigenvalue weighted by Gasteiger charge is 2.74. The van der Waals surface area contributed by atoms with Crippen LogP contribution in [0.3, 0.4) is 0 Å². The quantitative estimate of drug-likeness (QED) is 0.378. The number of halogens is 1. The van der Waals surface area contributed by atoms with Crippen molar-refractivity contribution in [2.45, 2.75) is 34.9 Å². The molecular weight excluding hydrogens is 606 g/mol. The Hall–Kier alpha value is -3.85. The van der Waals surface area contributed by atoms with Gasteiger partial charge < -0.3 is 19.8 Å². The predicted molar refractivity (Wildman–Crippen MR) is 178 cm³/mol. The number of benzene rings is 3. The SMILES string of the molecule is C[C@@]12C=CCN(c3ccccc3)C(=O)[C@@H]1[C@H]1C(=O)N([C@@H](CO)Cc3ccccc3)C3C(=O)N(c4ccc(Cl)cc4)CC=C[C@@]31S2. The second-order valence-corrected chi connectivity index (χ2v) is 14.5. The molecule has 3 amide bonds. The van der Waals surface area contributed by atoms with Crippen molar-refractivity contribution >= 4 is 52.5 Å². The standard InChI is InChI=1S/C36H34ClN3O4S/c1-35-18-8-20-38(26-12-6-3-7-13-26)32(42)29(35)30-33(43)40(28(23-41)22-24-10-4-2-5-11-24)31-34(44)39(21-9-19-36(30,31)45-35)27-16-14-25(37)15-17-27/h2-19,28-31,41H,20-23H2,1H3/t28-,29+,30+,31?,35-,36+/m1/s1. The minimum atomic E-state index is -1.03. The molecule has 230 valence electrons. The zero-order valence-corrected chi connectivity index (χ0v) is 26.4. The Morgan fingerprint density at radius 1 is 0.800 bits per heavy atom. The van der Waals surface area contributed by atoms with Crippen molar-refractivity contribution in [2.75, 3.05) is 29.5 Å². The van der Waals surface area contributed by atoms with Crippen molar-refractivity contribution in [3.8, 4) is 0 Å². The fraction of sp³-hybridized carbons (Fsp3) is 0.306. The molecule has 0 saturated carbocycles. The molecule has 4 heterocycles. The first-order valence-electron chi connectivity index (χ1n) is 15.2. The molecule has 7 nitrogen and oxygen atoms in total. The summed E-state index contributed by atoms with van der Waals surface area (Å²) in [4.78, 5) is 49.5. The third-order valence-electron chi connectivity index (χ3n) is 9.62. The molecule has 4 aliphatic rings. The molecule has 1 N–H and O–H groups in total. The lowest BCUT2D eigenvalue weighted by molar-refractivity contribution is -0.142. The lowest BCUT2D eigenvalue weighted by atomic mass is 9.74. The maximum absolute atomic E-state index is 15.0. The molecule has 4 aliphatic heterocycles. The van der Waals surface area contributed by atoms with Crippen molar-refractivity contribution in [2.24, 2.45) is 11.8 Å². The molecule has 1 unspecified atom stereocenters. The van der Waals surface area contributed by atoms with Crippen LogP contribution in [0.4, 0.5) is 11.4 Å². The third-order valence-corrected chi connectivity index (χ3v) is 11.7. The van der Waals surface area contributed by atoms with Gasteiger partial charge in [-0.15, -0.1) is 11.8 Å². The van der Waals surface area contributed by atoms with Crippen LogP contribution in [-0.4, -0.2) is 69.0 Å². The first-order valence-corrected chi connectivity index (χ1v) is 16.4. The maximum Gasteiger partial charge on any atom is 0.251 e. The van der Waals surface area contributed by atoms with Gasteiger partial charge in [-0.25, -0.2) is 0 Å². The molecular formula is C36H34ClN3O4S. The number of likely N-dealkylation sites (tertiary alicyclic amines) is 1. The summed E-state index contributed by atoms with van der Waals surface area (Å²) in [7, 11) is 0. The Balaban J connectivity index is 1.37. The van der Waals surface area contributed by atoms with Gasteiger partial charge in [-0.05, 0) is 55.3 Å². The number of carbonyl (C=O) groups excluding carboxylic acids is 3. The van der Waals surface area contributed by atoms with Gasteiger partial charge in [0.2, 0.25) is 11.8 Å². The summed E-state index contributed by atoms with van der Waals surface area (Å²) in [5.41, 5.74) is 2.38. The largest absolute Gasteiger partial charge is 0.394 e. The summed E-state index contributed by atoms with van der Waals surface area (Å²) < 4.78 is -1.77. The summed E-state index contributed by atoms with van der Waals surface area (Å²) in [6.07, 6.45) is 8.38. The number of amides is 3. The zero-order chi connectivity index (χ0) is 31.3. The van der Waals surface area contributed by atoms with Crippen LogP contribution in [-0.2, 0) is 20.8 Å². The average molecular weight is 640 g/mol. The van der Waals surface area contributed by atoms with Gasteiger partial charge in [0.1, 0.15) is 6.04 Å². The van der Waals surface area contributed by atoms with Crippen LogP contribution in [0, 0.1) is 11.8 Å². The van der Waals surface area contributed by atoms with E-state index in [4.69, 9.17) is 11.6 Å². The number of thioether (sulfide) groups is 1. The van der Waals surface area contributed by atoms with E-state index in [-0.39, 0.29) is 24.3 Å². The summed E-state index contributed by atoms with van der Waals surface area (Å²) in [5, 5.41) is 11.4. The van der Waals surface area contributed by atoms with Crippen LogP contribution < -0.4 is 9.80 Å².